The highest BCUT2D eigenvalue weighted by Gasteiger charge is 2.30. The van der Waals surface area contributed by atoms with E-state index in [4.69, 9.17) is 4.74 Å². The predicted molar refractivity (Wildman–Crippen MR) is 98.0 cm³/mol. The molecular weight excluding hydrogens is 319 g/mol. The summed E-state index contributed by atoms with van der Waals surface area (Å²) >= 11 is 0. The van der Waals surface area contributed by atoms with Gasteiger partial charge >= 0.3 is 6.09 Å². The van der Waals surface area contributed by atoms with Crippen molar-refractivity contribution >= 4 is 6.09 Å². The van der Waals surface area contributed by atoms with Crippen LogP contribution in [0.5, 0.6) is 0 Å². The minimum absolute atomic E-state index is 0.198. The molecule has 5 heteroatoms. The van der Waals surface area contributed by atoms with Crippen molar-refractivity contribution in [3.63, 3.8) is 0 Å². The van der Waals surface area contributed by atoms with Crippen molar-refractivity contribution in [1.82, 2.24) is 9.80 Å². The van der Waals surface area contributed by atoms with Crippen LogP contribution in [0.3, 0.4) is 0 Å². The van der Waals surface area contributed by atoms with Gasteiger partial charge in [-0.2, -0.15) is 0 Å². The number of hydrogen-bond acceptors (Lipinski definition) is 3. The summed E-state index contributed by atoms with van der Waals surface area (Å²) < 4.78 is 18.6. The van der Waals surface area contributed by atoms with Crippen molar-refractivity contribution in [3.8, 4) is 0 Å². The number of likely N-dealkylation sites (tertiary alicyclic amines) is 1. The first-order chi connectivity index (χ1) is 11.7. The van der Waals surface area contributed by atoms with Crippen LogP contribution >= 0.6 is 0 Å². The van der Waals surface area contributed by atoms with E-state index in [0.29, 0.717) is 6.04 Å². The molecule has 1 aliphatic rings. The van der Waals surface area contributed by atoms with E-state index >= 15 is 0 Å². The van der Waals surface area contributed by atoms with Crippen molar-refractivity contribution in [2.75, 3.05) is 20.1 Å². The number of piperidine rings is 1. The summed E-state index contributed by atoms with van der Waals surface area (Å²) in [4.78, 5) is 16.4. The first-order valence-electron chi connectivity index (χ1n) is 9.16. The average molecular weight is 350 g/mol. The first kappa shape index (κ1) is 19.7. The van der Waals surface area contributed by atoms with Crippen LogP contribution in [-0.2, 0) is 4.74 Å². The standard InChI is InChI=1S/C20H31FN2O2/c1-6-18(15-7-9-16(21)10-8-15)23-13-11-17(12-14-23)22(5)19(24)25-20(2,3)4/h7-10,17-18H,6,11-14H2,1-5H3. The third kappa shape index (κ3) is 5.43. The highest BCUT2D eigenvalue weighted by Crippen LogP contribution is 2.29. The number of carbonyl (C=O) groups excluding carboxylic acids is 1. The first-order valence-corrected chi connectivity index (χ1v) is 9.16. The third-order valence-electron chi connectivity index (χ3n) is 4.81. The zero-order valence-corrected chi connectivity index (χ0v) is 16.1. The normalized spacial score (nSPS) is 18.0. The van der Waals surface area contributed by atoms with Crippen LogP contribution in [0.1, 0.15) is 58.6 Å². The van der Waals surface area contributed by atoms with Gasteiger partial charge in [0.25, 0.3) is 0 Å². The number of nitrogens with zero attached hydrogens (tertiary/aromatic N) is 2. The number of benzene rings is 1. The van der Waals surface area contributed by atoms with Crippen molar-refractivity contribution < 1.29 is 13.9 Å². The Labute approximate surface area is 150 Å². The van der Waals surface area contributed by atoms with Gasteiger partial charge in [0.05, 0.1) is 0 Å². The Balaban J connectivity index is 1.93. The van der Waals surface area contributed by atoms with Gasteiger partial charge in [0.2, 0.25) is 0 Å². The van der Waals surface area contributed by atoms with E-state index < -0.39 is 5.60 Å². The fraction of sp³-hybridized carbons (Fsp3) is 0.650. The maximum Gasteiger partial charge on any atom is 0.410 e. The summed E-state index contributed by atoms with van der Waals surface area (Å²) in [6, 6.07) is 7.32. The van der Waals surface area contributed by atoms with E-state index in [9.17, 15) is 9.18 Å². The van der Waals surface area contributed by atoms with E-state index in [1.54, 1.807) is 4.90 Å². The van der Waals surface area contributed by atoms with Gasteiger partial charge in [-0.05, 0) is 57.7 Å². The molecule has 1 aliphatic heterocycles. The third-order valence-corrected chi connectivity index (χ3v) is 4.81. The highest BCUT2D eigenvalue weighted by atomic mass is 19.1. The maximum absolute atomic E-state index is 13.2. The van der Waals surface area contributed by atoms with Gasteiger partial charge in [-0.3, -0.25) is 4.90 Å². The van der Waals surface area contributed by atoms with E-state index in [2.05, 4.69) is 11.8 Å². The van der Waals surface area contributed by atoms with Crippen LogP contribution in [0, 0.1) is 5.82 Å². The van der Waals surface area contributed by atoms with Gasteiger partial charge in [0, 0.05) is 32.2 Å². The number of rotatable bonds is 4. The fourth-order valence-electron chi connectivity index (χ4n) is 3.46. The molecule has 0 saturated carbocycles. The van der Waals surface area contributed by atoms with E-state index in [1.807, 2.05) is 40.0 Å². The lowest BCUT2D eigenvalue weighted by molar-refractivity contribution is 0.0127. The molecule has 0 radical (unpaired) electrons. The molecule has 2 rings (SSSR count). The summed E-state index contributed by atoms with van der Waals surface area (Å²) in [6.07, 6.45) is 2.58. The number of carbonyl (C=O) groups is 1. The molecule has 0 N–H and O–H groups in total. The van der Waals surface area contributed by atoms with Crippen LogP contribution in [0.2, 0.25) is 0 Å². The van der Waals surface area contributed by atoms with Gasteiger partial charge in [-0.1, -0.05) is 19.1 Å². The second-order valence-corrected chi connectivity index (χ2v) is 7.83. The molecule has 1 atom stereocenters. The molecule has 140 valence electrons. The predicted octanol–water partition coefficient (Wildman–Crippen LogP) is 4.61. The Morgan fingerprint density at radius 3 is 2.32 bits per heavy atom. The van der Waals surface area contributed by atoms with Crippen LogP contribution in [0.15, 0.2) is 24.3 Å². The zero-order valence-electron chi connectivity index (χ0n) is 16.1. The molecule has 1 fully saturated rings. The molecule has 0 bridgehead atoms. The van der Waals surface area contributed by atoms with Gasteiger partial charge in [-0.25, -0.2) is 9.18 Å². The van der Waals surface area contributed by atoms with Gasteiger partial charge in [0.15, 0.2) is 0 Å². The molecule has 1 saturated heterocycles. The van der Waals surface area contributed by atoms with E-state index in [-0.39, 0.29) is 18.0 Å². The molecule has 1 aromatic rings. The van der Waals surface area contributed by atoms with Gasteiger partial charge in [-0.15, -0.1) is 0 Å². The molecule has 0 spiro atoms. The second kappa shape index (κ2) is 8.17. The lowest BCUT2D eigenvalue weighted by atomic mass is 9.97. The summed E-state index contributed by atoms with van der Waals surface area (Å²) in [5.74, 6) is -0.198. The summed E-state index contributed by atoms with van der Waals surface area (Å²) in [6.45, 7) is 9.66. The minimum Gasteiger partial charge on any atom is -0.444 e. The van der Waals surface area contributed by atoms with Crippen molar-refractivity contribution in [2.24, 2.45) is 0 Å². The summed E-state index contributed by atoms with van der Waals surface area (Å²) in [5.41, 5.74) is 0.685. The molecule has 0 aliphatic carbocycles. The Kier molecular flexibility index (Phi) is 6.44. The van der Waals surface area contributed by atoms with Gasteiger partial charge in [0.1, 0.15) is 11.4 Å². The Bertz CT molecular complexity index is 560. The quantitative estimate of drug-likeness (QED) is 0.795. The molecule has 4 nitrogen and oxygen atoms in total. The molecule has 1 aromatic carbocycles. The molecule has 0 aromatic heterocycles. The highest BCUT2D eigenvalue weighted by molar-refractivity contribution is 5.68. The fourth-order valence-corrected chi connectivity index (χ4v) is 3.46. The van der Waals surface area contributed by atoms with Gasteiger partial charge < -0.3 is 9.64 Å². The Hall–Kier alpha value is -1.62. The monoisotopic (exact) mass is 350 g/mol. The topological polar surface area (TPSA) is 32.8 Å². The molecule has 1 heterocycles. The zero-order chi connectivity index (χ0) is 18.6. The number of ether oxygens (including phenoxy) is 1. The summed E-state index contributed by atoms with van der Waals surface area (Å²) in [7, 11) is 1.83. The summed E-state index contributed by atoms with van der Waals surface area (Å²) in [5, 5.41) is 0. The Morgan fingerprint density at radius 2 is 1.84 bits per heavy atom. The smallest absolute Gasteiger partial charge is 0.410 e. The van der Waals surface area contributed by atoms with Crippen molar-refractivity contribution in [1.29, 1.82) is 0 Å². The van der Waals surface area contributed by atoms with Crippen LogP contribution in [0.4, 0.5) is 9.18 Å². The minimum atomic E-state index is -0.470. The number of amides is 1. The van der Waals surface area contributed by atoms with Crippen LogP contribution in [-0.4, -0.2) is 47.7 Å². The van der Waals surface area contributed by atoms with Crippen molar-refractivity contribution in [3.05, 3.63) is 35.6 Å². The van der Waals surface area contributed by atoms with E-state index in [1.165, 1.54) is 12.1 Å². The molecule has 1 unspecified atom stereocenters. The molecular formula is C20H31FN2O2. The van der Waals surface area contributed by atoms with Crippen molar-refractivity contribution in [2.45, 2.75) is 64.6 Å². The lowest BCUT2D eigenvalue weighted by Gasteiger charge is -2.40. The molecule has 1 amide bonds. The number of hydrogen-bond donors (Lipinski definition) is 0. The maximum atomic E-state index is 13.2. The SMILES string of the molecule is CCC(c1ccc(F)cc1)N1CCC(N(C)C(=O)OC(C)(C)C)CC1. The number of halogens is 1. The Morgan fingerprint density at radius 1 is 1.28 bits per heavy atom. The largest absolute Gasteiger partial charge is 0.444 e. The van der Waals surface area contributed by atoms with E-state index in [0.717, 1.165) is 37.9 Å². The average Bonchev–Trinajstić information content (AvgIpc) is 2.55. The van der Waals surface area contributed by atoms with Crippen LogP contribution < -0.4 is 0 Å². The molecule has 25 heavy (non-hydrogen) atoms. The lowest BCUT2D eigenvalue weighted by Crippen LogP contribution is -2.47. The van der Waals surface area contributed by atoms with Crippen LogP contribution in [0.25, 0.3) is 0 Å². The second-order valence-electron chi connectivity index (χ2n) is 7.83.